The van der Waals surface area contributed by atoms with E-state index in [1.54, 1.807) is 20.9 Å². The number of aromatic amines is 1. The summed E-state index contributed by atoms with van der Waals surface area (Å²) in [5.41, 5.74) is 1.33. The molecule has 6 heteroatoms. The molecule has 1 rings (SSSR count). The van der Waals surface area contributed by atoms with Gasteiger partial charge in [0.15, 0.2) is 0 Å². The summed E-state index contributed by atoms with van der Waals surface area (Å²) in [5.74, 6) is -1.38. The van der Waals surface area contributed by atoms with Gasteiger partial charge in [-0.15, -0.1) is 0 Å². The SMILES string of the molecule is Cc1[nH]c(C(=O)O)c(C)c1C(=O)N(C)CCO. The molecule has 0 fully saturated rings. The summed E-state index contributed by atoms with van der Waals surface area (Å²) in [5, 5.41) is 17.7. The number of nitrogens with one attached hydrogen (secondary N) is 1. The molecular weight excluding hydrogens is 224 g/mol. The van der Waals surface area contributed by atoms with Gasteiger partial charge >= 0.3 is 5.97 Å². The number of aliphatic hydroxyl groups excluding tert-OH is 1. The van der Waals surface area contributed by atoms with Crippen LogP contribution in [0.25, 0.3) is 0 Å². The average Bonchev–Trinajstić information content (AvgIpc) is 2.54. The van der Waals surface area contributed by atoms with Gasteiger partial charge < -0.3 is 20.1 Å². The number of rotatable bonds is 4. The third kappa shape index (κ3) is 2.47. The minimum atomic E-state index is -1.09. The molecule has 0 aliphatic carbocycles. The first-order chi connectivity index (χ1) is 7.90. The molecule has 1 aromatic rings. The predicted molar refractivity (Wildman–Crippen MR) is 61.3 cm³/mol. The molecule has 1 amide bonds. The van der Waals surface area contributed by atoms with Gasteiger partial charge in [-0.25, -0.2) is 4.79 Å². The fourth-order valence-electron chi connectivity index (χ4n) is 1.73. The van der Waals surface area contributed by atoms with Crippen LogP contribution in [-0.4, -0.2) is 52.2 Å². The van der Waals surface area contributed by atoms with Gasteiger partial charge in [-0.05, 0) is 19.4 Å². The third-order valence-electron chi connectivity index (χ3n) is 2.65. The number of aryl methyl sites for hydroxylation is 1. The van der Waals surface area contributed by atoms with E-state index in [4.69, 9.17) is 10.2 Å². The van der Waals surface area contributed by atoms with Crippen molar-refractivity contribution in [3.8, 4) is 0 Å². The highest BCUT2D eigenvalue weighted by atomic mass is 16.4. The topological polar surface area (TPSA) is 93.6 Å². The largest absolute Gasteiger partial charge is 0.477 e. The number of H-pyrrole nitrogens is 1. The molecule has 6 nitrogen and oxygen atoms in total. The average molecular weight is 240 g/mol. The monoisotopic (exact) mass is 240 g/mol. The van der Waals surface area contributed by atoms with Crippen molar-refractivity contribution in [3.63, 3.8) is 0 Å². The van der Waals surface area contributed by atoms with Crippen LogP contribution >= 0.6 is 0 Å². The van der Waals surface area contributed by atoms with Gasteiger partial charge in [0.2, 0.25) is 0 Å². The second kappa shape index (κ2) is 5.01. The van der Waals surface area contributed by atoms with E-state index < -0.39 is 5.97 Å². The molecular formula is C11H16N2O4. The molecule has 0 bridgehead atoms. The maximum Gasteiger partial charge on any atom is 0.352 e. The summed E-state index contributed by atoms with van der Waals surface area (Å²) in [7, 11) is 1.56. The molecule has 0 radical (unpaired) electrons. The third-order valence-corrected chi connectivity index (χ3v) is 2.65. The molecule has 17 heavy (non-hydrogen) atoms. The van der Waals surface area contributed by atoms with E-state index in [0.29, 0.717) is 16.8 Å². The molecule has 0 unspecified atom stereocenters. The Bertz CT molecular complexity index is 451. The van der Waals surface area contributed by atoms with Crippen molar-refractivity contribution in [3.05, 3.63) is 22.5 Å². The number of carbonyl (C=O) groups excluding carboxylic acids is 1. The number of aromatic nitrogens is 1. The summed E-state index contributed by atoms with van der Waals surface area (Å²) in [6.45, 7) is 3.33. The Morgan fingerprint density at radius 2 is 1.94 bits per heavy atom. The van der Waals surface area contributed by atoms with Crippen LogP contribution in [0.2, 0.25) is 0 Å². The number of hydrogen-bond acceptors (Lipinski definition) is 3. The van der Waals surface area contributed by atoms with Crippen LogP contribution in [0, 0.1) is 13.8 Å². The van der Waals surface area contributed by atoms with Crippen molar-refractivity contribution >= 4 is 11.9 Å². The number of carbonyl (C=O) groups is 2. The van der Waals surface area contributed by atoms with Gasteiger partial charge in [0.25, 0.3) is 5.91 Å². The second-order valence-electron chi connectivity index (χ2n) is 3.88. The zero-order valence-electron chi connectivity index (χ0n) is 10.1. The summed E-state index contributed by atoms with van der Waals surface area (Å²) in [6, 6.07) is 0. The molecule has 1 heterocycles. The van der Waals surface area contributed by atoms with Crippen LogP contribution in [0.1, 0.15) is 32.1 Å². The highest BCUT2D eigenvalue weighted by molar-refractivity contribution is 6.00. The Labute approximate surface area is 98.9 Å². The highest BCUT2D eigenvalue weighted by Crippen LogP contribution is 2.19. The number of hydrogen-bond donors (Lipinski definition) is 3. The van der Waals surface area contributed by atoms with Gasteiger partial charge in [-0.3, -0.25) is 4.79 Å². The van der Waals surface area contributed by atoms with E-state index in [0.717, 1.165) is 0 Å². The number of carboxylic acid groups (broad SMARTS) is 1. The second-order valence-corrected chi connectivity index (χ2v) is 3.88. The summed E-state index contributed by atoms with van der Waals surface area (Å²) in [6.07, 6.45) is 0. The molecule has 0 aliphatic heterocycles. The van der Waals surface area contributed by atoms with Crippen molar-refractivity contribution in [2.75, 3.05) is 20.2 Å². The first kappa shape index (κ1) is 13.2. The minimum absolute atomic E-state index is 0.0308. The van der Waals surface area contributed by atoms with Crippen LogP contribution in [0.3, 0.4) is 0 Å². The van der Waals surface area contributed by atoms with Gasteiger partial charge in [-0.2, -0.15) is 0 Å². The maximum atomic E-state index is 12.0. The van der Waals surface area contributed by atoms with Crippen molar-refractivity contribution in [1.29, 1.82) is 0 Å². The van der Waals surface area contributed by atoms with Crippen LogP contribution < -0.4 is 0 Å². The molecule has 94 valence electrons. The summed E-state index contributed by atoms with van der Waals surface area (Å²) < 4.78 is 0. The van der Waals surface area contributed by atoms with E-state index in [9.17, 15) is 9.59 Å². The standard InChI is InChI=1S/C11H16N2O4/c1-6-8(10(15)13(3)4-5-14)7(2)12-9(6)11(16)17/h12,14H,4-5H2,1-3H3,(H,16,17). The smallest absolute Gasteiger partial charge is 0.352 e. The minimum Gasteiger partial charge on any atom is -0.477 e. The lowest BCUT2D eigenvalue weighted by molar-refractivity contribution is 0.0690. The van der Waals surface area contributed by atoms with Crippen LogP contribution in [0.15, 0.2) is 0 Å². The lowest BCUT2D eigenvalue weighted by atomic mass is 10.1. The number of likely N-dealkylation sites (N-methyl/N-ethyl adjacent to an activating group) is 1. The molecule has 0 atom stereocenters. The predicted octanol–water partition coefficient (Wildman–Crippen LogP) is 0.394. The Hall–Kier alpha value is -1.82. The van der Waals surface area contributed by atoms with Crippen molar-refractivity contribution in [2.24, 2.45) is 0 Å². The fraction of sp³-hybridized carbons (Fsp3) is 0.455. The van der Waals surface area contributed by atoms with E-state index in [-0.39, 0.29) is 24.8 Å². The first-order valence-corrected chi connectivity index (χ1v) is 5.19. The van der Waals surface area contributed by atoms with Crippen LogP contribution in [-0.2, 0) is 0 Å². The fourth-order valence-corrected chi connectivity index (χ4v) is 1.73. The molecule has 0 spiro atoms. The van der Waals surface area contributed by atoms with Crippen molar-refractivity contribution in [2.45, 2.75) is 13.8 Å². The number of amides is 1. The van der Waals surface area contributed by atoms with Gasteiger partial charge in [0.1, 0.15) is 5.69 Å². The summed E-state index contributed by atoms with van der Waals surface area (Å²) in [4.78, 5) is 27.0. The van der Waals surface area contributed by atoms with E-state index in [1.807, 2.05) is 0 Å². The Kier molecular flexibility index (Phi) is 3.90. The molecule has 3 N–H and O–H groups in total. The quantitative estimate of drug-likeness (QED) is 0.709. The van der Waals surface area contributed by atoms with Gasteiger partial charge in [-0.1, -0.05) is 0 Å². The number of carboxylic acids is 1. The van der Waals surface area contributed by atoms with E-state index >= 15 is 0 Å². The molecule has 1 aromatic heterocycles. The van der Waals surface area contributed by atoms with Crippen molar-refractivity contribution in [1.82, 2.24) is 9.88 Å². The summed E-state index contributed by atoms with van der Waals surface area (Å²) >= 11 is 0. The maximum absolute atomic E-state index is 12.0. The lowest BCUT2D eigenvalue weighted by Crippen LogP contribution is -2.30. The van der Waals surface area contributed by atoms with E-state index in [2.05, 4.69) is 4.98 Å². The highest BCUT2D eigenvalue weighted by Gasteiger charge is 2.23. The molecule has 0 aliphatic rings. The Balaban J connectivity index is 3.14. The molecule has 0 saturated heterocycles. The number of nitrogens with zero attached hydrogens (tertiary/aromatic N) is 1. The molecule has 0 saturated carbocycles. The normalized spacial score (nSPS) is 10.4. The first-order valence-electron chi connectivity index (χ1n) is 5.19. The van der Waals surface area contributed by atoms with Gasteiger partial charge in [0.05, 0.1) is 12.2 Å². The van der Waals surface area contributed by atoms with Gasteiger partial charge in [0, 0.05) is 19.3 Å². The van der Waals surface area contributed by atoms with E-state index in [1.165, 1.54) is 4.90 Å². The number of aliphatic hydroxyl groups is 1. The number of aromatic carboxylic acids is 1. The lowest BCUT2D eigenvalue weighted by Gasteiger charge is -2.16. The Morgan fingerprint density at radius 1 is 1.35 bits per heavy atom. The Morgan fingerprint density at radius 3 is 2.35 bits per heavy atom. The van der Waals surface area contributed by atoms with Crippen molar-refractivity contribution < 1.29 is 19.8 Å². The van der Waals surface area contributed by atoms with Crippen LogP contribution in [0.5, 0.6) is 0 Å². The van der Waals surface area contributed by atoms with Crippen LogP contribution in [0.4, 0.5) is 0 Å². The zero-order valence-corrected chi connectivity index (χ0v) is 10.1. The zero-order chi connectivity index (χ0) is 13.2. The molecule has 0 aromatic carbocycles.